The van der Waals surface area contributed by atoms with Crippen LogP contribution in [-0.4, -0.2) is 34.1 Å². The van der Waals surface area contributed by atoms with Gasteiger partial charge in [-0.2, -0.15) is 4.98 Å². The molecule has 0 radical (unpaired) electrons. The van der Waals surface area contributed by atoms with Crippen LogP contribution in [0.5, 0.6) is 5.75 Å². The van der Waals surface area contributed by atoms with Crippen LogP contribution < -0.4 is 4.74 Å². The van der Waals surface area contributed by atoms with Gasteiger partial charge >= 0.3 is 0 Å². The number of amides is 1. The Morgan fingerprint density at radius 3 is 2.74 bits per heavy atom. The fraction of sp³-hybridized carbons (Fsp3) is 0.250. The van der Waals surface area contributed by atoms with E-state index in [1.165, 1.54) is 0 Å². The molecule has 0 spiro atoms. The van der Waals surface area contributed by atoms with Crippen LogP contribution in [0.2, 0.25) is 5.02 Å². The van der Waals surface area contributed by atoms with Crippen molar-refractivity contribution in [1.29, 1.82) is 0 Å². The fourth-order valence-electron chi connectivity index (χ4n) is 3.16. The van der Waals surface area contributed by atoms with Crippen molar-refractivity contribution in [3.63, 3.8) is 0 Å². The monoisotopic (exact) mass is 383 g/mol. The third kappa shape index (κ3) is 3.95. The molecule has 6 nitrogen and oxygen atoms in total. The molecule has 1 atom stereocenters. The maximum atomic E-state index is 12.6. The average Bonchev–Trinajstić information content (AvgIpc) is 3.37. The van der Waals surface area contributed by atoms with E-state index >= 15 is 0 Å². The van der Waals surface area contributed by atoms with Gasteiger partial charge in [0.1, 0.15) is 11.8 Å². The van der Waals surface area contributed by atoms with Gasteiger partial charge in [0.15, 0.2) is 6.61 Å². The largest absolute Gasteiger partial charge is 0.484 e. The summed E-state index contributed by atoms with van der Waals surface area (Å²) in [6, 6.07) is 16.3. The lowest BCUT2D eigenvalue weighted by atomic mass is 10.2. The summed E-state index contributed by atoms with van der Waals surface area (Å²) in [5.41, 5.74) is 0.884. The summed E-state index contributed by atoms with van der Waals surface area (Å²) in [6.07, 6.45) is 1.68. The molecule has 0 N–H and O–H groups in total. The molecule has 2 heterocycles. The number of likely N-dealkylation sites (tertiary alicyclic amines) is 1. The third-order valence-corrected chi connectivity index (χ3v) is 4.76. The molecule has 0 bridgehead atoms. The Hall–Kier alpha value is -2.86. The van der Waals surface area contributed by atoms with E-state index in [0.29, 0.717) is 29.0 Å². The summed E-state index contributed by atoms with van der Waals surface area (Å²) in [4.78, 5) is 18.9. The van der Waals surface area contributed by atoms with E-state index in [1.54, 1.807) is 29.2 Å². The summed E-state index contributed by atoms with van der Waals surface area (Å²) in [5, 5.41) is 4.68. The molecule has 2 aromatic carbocycles. The zero-order valence-corrected chi connectivity index (χ0v) is 15.3. The molecule has 0 unspecified atom stereocenters. The van der Waals surface area contributed by atoms with Crippen LogP contribution in [0, 0.1) is 0 Å². The zero-order valence-electron chi connectivity index (χ0n) is 14.5. The number of carbonyl (C=O) groups excluding carboxylic acids is 1. The van der Waals surface area contributed by atoms with E-state index in [0.717, 1.165) is 18.4 Å². The van der Waals surface area contributed by atoms with Crippen molar-refractivity contribution in [2.75, 3.05) is 13.2 Å². The van der Waals surface area contributed by atoms with Gasteiger partial charge < -0.3 is 14.2 Å². The first kappa shape index (κ1) is 17.5. The molecule has 1 aliphatic rings. The van der Waals surface area contributed by atoms with Crippen LogP contribution in [0.3, 0.4) is 0 Å². The normalized spacial score (nSPS) is 16.5. The molecule has 1 saturated heterocycles. The number of aromatic nitrogens is 2. The summed E-state index contributed by atoms with van der Waals surface area (Å²) >= 11 is 5.86. The lowest BCUT2D eigenvalue weighted by molar-refractivity contribution is -0.134. The maximum absolute atomic E-state index is 12.6. The molecular weight excluding hydrogens is 366 g/mol. The highest BCUT2D eigenvalue weighted by Crippen LogP contribution is 2.32. The quantitative estimate of drug-likeness (QED) is 0.662. The summed E-state index contributed by atoms with van der Waals surface area (Å²) in [7, 11) is 0. The van der Waals surface area contributed by atoms with Crippen LogP contribution in [0.15, 0.2) is 59.1 Å². The third-order valence-electron chi connectivity index (χ3n) is 4.51. The molecule has 1 aromatic heterocycles. The van der Waals surface area contributed by atoms with Gasteiger partial charge in [0.05, 0.1) is 0 Å². The van der Waals surface area contributed by atoms with E-state index < -0.39 is 0 Å². The lowest BCUT2D eigenvalue weighted by Gasteiger charge is -2.21. The van der Waals surface area contributed by atoms with Crippen molar-refractivity contribution in [1.82, 2.24) is 15.0 Å². The summed E-state index contributed by atoms with van der Waals surface area (Å²) in [6.45, 7) is 0.605. The van der Waals surface area contributed by atoms with Crippen molar-refractivity contribution < 1.29 is 14.1 Å². The first-order valence-electron chi connectivity index (χ1n) is 8.77. The molecule has 1 fully saturated rings. The molecule has 1 amide bonds. The number of halogens is 1. The zero-order chi connectivity index (χ0) is 18.6. The van der Waals surface area contributed by atoms with Gasteiger partial charge in [-0.25, -0.2) is 0 Å². The van der Waals surface area contributed by atoms with Crippen molar-refractivity contribution in [2.45, 2.75) is 18.9 Å². The highest BCUT2D eigenvalue weighted by molar-refractivity contribution is 6.30. The minimum atomic E-state index is -0.212. The standard InChI is InChI=1S/C20H18ClN3O3/c21-15-8-10-16(11-9-15)26-13-18(25)24-12-4-7-17(24)20-22-19(23-27-20)14-5-2-1-3-6-14/h1-3,5-6,8-11,17H,4,7,12-13H2/t17-/m0/s1. The predicted molar refractivity (Wildman–Crippen MR) is 100 cm³/mol. The smallest absolute Gasteiger partial charge is 0.261 e. The lowest BCUT2D eigenvalue weighted by Crippen LogP contribution is -2.34. The van der Waals surface area contributed by atoms with Crippen molar-refractivity contribution >= 4 is 17.5 Å². The van der Waals surface area contributed by atoms with Gasteiger partial charge in [-0.3, -0.25) is 4.79 Å². The number of benzene rings is 2. The van der Waals surface area contributed by atoms with E-state index in [-0.39, 0.29) is 18.6 Å². The van der Waals surface area contributed by atoms with Crippen molar-refractivity contribution in [3.05, 3.63) is 65.5 Å². The Morgan fingerprint density at radius 1 is 1.19 bits per heavy atom. The topological polar surface area (TPSA) is 68.5 Å². The molecule has 1 aliphatic heterocycles. The van der Waals surface area contributed by atoms with E-state index in [9.17, 15) is 4.79 Å². The Kier molecular flexibility index (Phi) is 5.07. The summed E-state index contributed by atoms with van der Waals surface area (Å²) in [5.74, 6) is 1.49. The fourth-order valence-corrected chi connectivity index (χ4v) is 3.28. The van der Waals surface area contributed by atoms with Crippen LogP contribution in [0.1, 0.15) is 24.8 Å². The molecule has 27 heavy (non-hydrogen) atoms. The predicted octanol–water partition coefficient (Wildman–Crippen LogP) is 4.13. The van der Waals surface area contributed by atoms with Crippen molar-refractivity contribution in [2.24, 2.45) is 0 Å². The SMILES string of the molecule is O=C(COc1ccc(Cl)cc1)N1CCC[C@H]1c1nc(-c2ccccc2)no1. The van der Waals surface area contributed by atoms with Gasteiger partial charge in [0, 0.05) is 17.1 Å². The molecule has 7 heteroatoms. The second kappa shape index (κ2) is 7.80. The number of nitrogens with zero attached hydrogens (tertiary/aromatic N) is 3. The average molecular weight is 384 g/mol. The van der Waals surface area contributed by atoms with Crippen molar-refractivity contribution in [3.8, 4) is 17.1 Å². The maximum Gasteiger partial charge on any atom is 0.261 e. The molecule has 0 saturated carbocycles. The number of carbonyl (C=O) groups is 1. The Labute approximate surface area is 161 Å². The molecular formula is C20H18ClN3O3. The first-order valence-corrected chi connectivity index (χ1v) is 9.15. The van der Waals surface area contributed by atoms with Crippen LogP contribution in [-0.2, 0) is 4.79 Å². The first-order chi connectivity index (χ1) is 13.2. The molecule has 4 rings (SSSR count). The highest BCUT2D eigenvalue weighted by Gasteiger charge is 2.34. The minimum absolute atomic E-state index is 0.0438. The van der Waals surface area contributed by atoms with E-state index in [2.05, 4.69) is 10.1 Å². The van der Waals surface area contributed by atoms with Gasteiger partial charge in [0.2, 0.25) is 11.7 Å². The number of ether oxygens (including phenoxy) is 1. The van der Waals surface area contributed by atoms with Crippen LogP contribution >= 0.6 is 11.6 Å². The van der Waals surface area contributed by atoms with Gasteiger partial charge in [-0.1, -0.05) is 47.1 Å². The summed E-state index contributed by atoms with van der Waals surface area (Å²) < 4.78 is 11.0. The van der Waals surface area contributed by atoms with Crippen LogP contribution in [0.25, 0.3) is 11.4 Å². The Balaban J connectivity index is 1.43. The van der Waals surface area contributed by atoms with E-state index in [4.69, 9.17) is 20.9 Å². The van der Waals surface area contributed by atoms with Crippen LogP contribution in [0.4, 0.5) is 0 Å². The Morgan fingerprint density at radius 2 is 1.96 bits per heavy atom. The molecule has 138 valence electrons. The highest BCUT2D eigenvalue weighted by atomic mass is 35.5. The number of hydrogen-bond acceptors (Lipinski definition) is 5. The molecule has 3 aromatic rings. The Bertz CT molecular complexity index is 912. The van der Waals surface area contributed by atoms with E-state index in [1.807, 2.05) is 30.3 Å². The van der Waals surface area contributed by atoms with Gasteiger partial charge in [-0.15, -0.1) is 0 Å². The number of hydrogen-bond donors (Lipinski definition) is 0. The second-order valence-electron chi connectivity index (χ2n) is 6.31. The second-order valence-corrected chi connectivity index (χ2v) is 6.75. The number of rotatable bonds is 5. The van der Waals surface area contributed by atoms with Gasteiger partial charge in [0.25, 0.3) is 5.91 Å². The van der Waals surface area contributed by atoms with Gasteiger partial charge in [-0.05, 0) is 37.1 Å². The minimum Gasteiger partial charge on any atom is -0.484 e. The molecule has 0 aliphatic carbocycles.